The average molecular weight is 717 g/mol. The van der Waals surface area contributed by atoms with Gasteiger partial charge in [0.1, 0.15) is 24.4 Å². The van der Waals surface area contributed by atoms with Crippen molar-refractivity contribution in [2.75, 3.05) is 21.2 Å². The highest BCUT2D eigenvalue weighted by molar-refractivity contribution is 5.82. The van der Waals surface area contributed by atoms with Crippen molar-refractivity contribution in [3.05, 3.63) is 0 Å². The Hall–Kier alpha value is -1.46. The first-order chi connectivity index (χ1) is 23.1. The van der Waals surface area contributed by atoms with Crippen molar-refractivity contribution in [1.82, 2.24) is 4.90 Å². The minimum atomic E-state index is -1.62. The molecular weight excluding hydrogens is 652 g/mol. The predicted octanol–water partition coefficient (Wildman–Crippen LogP) is 2.02. The van der Waals surface area contributed by atoms with Crippen LogP contribution in [0.25, 0.3) is 0 Å². The van der Waals surface area contributed by atoms with Gasteiger partial charge in [0.15, 0.2) is 24.1 Å². The maximum Gasteiger partial charge on any atom is 0.311 e. The Labute approximate surface area is 297 Å². The van der Waals surface area contributed by atoms with Crippen molar-refractivity contribution in [3.8, 4) is 0 Å². The Kier molecular flexibility index (Phi) is 12.8. The number of rotatable bonds is 6. The SMILES string of the molecule is COC1(C)CC(O[C@H]2[C@H](C)[C@@H](OC3OC(C)CC(N(C)C)C3O)[C@@](C)(O)C[C@@H](C)N=C3OC(C)([C@H](O)C3C)[C@@H](C)OC(=O)[C@@H]2C)OC(C)C1O. The monoisotopic (exact) mass is 716 g/mol. The smallest absolute Gasteiger partial charge is 0.311 e. The summed E-state index contributed by atoms with van der Waals surface area (Å²) in [6.45, 7) is 17.5. The molecule has 10 unspecified atom stereocenters. The van der Waals surface area contributed by atoms with Gasteiger partial charge >= 0.3 is 5.97 Å². The number of fused-ring (bicyclic) bond motifs is 2. The second-order valence-electron chi connectivity index (χ2n) is 16.3. The molecule has 4 N–H and O–H groups in total. The first-order valence-electron chi connectivity index (χ1n) is 18.1. The van der Waals surface area contributed by atoms with Crippen molar-refractivity contribution in [2.24, 2.45) is 22.7 Å². The van der Waals surface area contributed by atoms with Gasteiger partial charge < -0.3 is 58.5 Å². The zero-order chi connectivity index (χ0) is 37.7. The van der Waals surface area contributed by atoms with Gasteiger partial charge in [0, 0.05) is 31.9 Å². The Morgan fingerprint density at radius 1 is 0.900 bits per heavy atom. The molecule has 0 aromatic heterocycles. The number of hydrogen-bond acceptors (Lipinski definition) is 14. The van der Waals surface area contributed by atoms with E-state index in [1.807, 2.05) is 39.8 Å². The molecule has 0 aromatic carbocycles. The third-order valence-electron chi connectivity index (χ3n) is 11.7. The van der Waals surface area contributed by atoms with E-state index in [4.69, 9.17) is 38.2 Å². The fraction of sp³-hybridized carbons (Fsp3) is 0.944. The largest absolute Gasteiger partial charge is 0.468 e. The summed E-state index contributed by atoms with van der Waals surface area (Å²) in [5.41, 5.74) is -3.90. The summed E-state index contributed by atoms with van der Waals surface area (Å²) in [6, 6.07) is -0.766. The van der Waals surface area contributed by atoms with Crippen molar-refractivity contribution >= 4 is 11.9 Å². The minimum absolute atomic E-state index is 0.0931. The number of aliphatic hydroxyl groups excluding tert-OH is 3. The summed E-state index contributed by atoms with van der Waals surface area (Å²) in [7, 11) is 5.27. The number of aliphatic hydroxyl groups is 4. The van der Waals surface area contributed by atoms with E-state index in [9.17, 15) is 25.2 Å². The van der Waals surface area contributed by atoms with Crippen LogP contribution in [0.5, 0.6) is 0 Å². The van der Waals surface area contributed by atoms with E-state index in [2.05, 4.69) is 0 Å². The number of carbonyl (C=O) groups is 1. The van der Waals surface area contributed by atoms with Crippen LogP contribution in [0.3, 0.4) is 0 Å². The Balaban J connectivity index is 1.81. The molecule has 18 atom stereocenters. The second-order valence-corrected chi connectivity index (χ2v) is 16.3. The van der Waals surface area contributed by atoms with Crippen molar-refractivity contribution in [3.63, 3.8) is 0 Å². The molecule has 0 amide bonds. The molecule has 290 valence electrons. The van der Waals surface area contributed by atoms with Crippen LogP contribution in [0.1, 0.15) is 88.5 Å². The van der Waals surface area contributed by atoms with Crippen LogP contribution in [0.2, 0.25) is 0 Å². The first kappa shape index (κ1) is 41.3. The molecule has 0 aliphatic carbocycles. The molecule has 3 saturated heterocycles. The van der Waals surface area contributed by atoms with Crippen LogP contribution in [-0.2, 0) is 38.0 Å². The number of carbonyl (C=O) groups excluding carboxylic acids is 1. The van der Waals surface area contributed by atoms with E-state index in [1.54, 1.807) is 48.5 Å². The fourth-order valence-corrected chi connectivity index (χ4v) is 8.26. The van der Waals surface area contributed by atoms with Gasteiger partial charge in [-0.1, -0.05) is 13.8 Å². The minimum Gasteiger partial charge on any atom is -0.468 e. The Bertz CT molecular complexity index is 1200. The van der Waals surface area contributed by atoms with Crippen molar-refractivity contribution in [1.29, 1.82) is 0 Å². The van der Waals surface area contributed by atoms with Crippen LogP contribution >= 0.6 is 0 Å². The normalized spacial score (nSPS) is 51.0. The van der Waals surface area contributed by atoms with Crippen molar-refractivity contribution in [2.45, 2.75) is 179 Å². The lowest BCUT2D eigenvalue weighted by Gasteiger charge is -2.48. The number of ether oxygens (including phenoxy) is 7. The number of aliphatic imine (C=N–C) groups is 1. The topological polar surface area (TPSA) is 178 Å². The highest BCUT2D eigenvalue weighted by Crippen LogP contribution is 2.41. The number of methoxy groups -OCH3 is 1. The summed E-state index contributed by atoms with van der Waals surface area (Å²) >= 11 is 0. The number of cyclic esters (lactones) is 1. The molecule has 2 bridgehead atoms. The third-order valence-corrected chi connectivity index (χ3v) is 11.7. The fourth-order valence-electron chi connectivity index (χ4n) is 8.26. The van der Waals surface area contributed by atoms with E-state index in [0.29, 0.717) is 12.3 Å². The van der Waals surface area contributed by atoms with E-state index in [-0.39, 0.29) is 25.0 Å². The summed E-state index contributed by atoms with van der Waals surface area (Å²) in [5.74, 6) is -2.49. The highest BCUT2D eigenvalue weighted by atomic mass is 16.7. The molecule has 4 aliphatic rings. The maximum atomic E-state index is 14.1. The lowest BCUT2D eigenvalue weighted by Crippen LogP contribution is -2.60. The zero-order valence-electron chi connectivity index (χ0n) is 32.2. The second kappa shape index (κ2) is 15.5. The van der Waals surface area contributed by atoms with Crippen LogP contribution in [-0.4, -0.2) is 149 Å². The summed E-state index contributed by atoms with van der Waals surface area (Å²) in [5, 5.41) is 46.1. The van der Waals surface area contributed by atoms with Gasteiger partial charge in [0.25, 0.3) is 0 Å². The van der Waals surface area contributed by atoms with Gasteiger partial charge in [0.05, 0.1) is 53.5 Å². The molecular formula is C36H64N2O12. The molecule has 0 spiro atoms. The molecule has 0 saturated carbocycles. The number of esters is 1. The number of likely N-dealkylation sites (N-methyl/N-ethyl adjacent to an activating group) is 1. The summed E-state index contributed by atoms with van der Waals surface area (Å²) in [6.07, 6.45) is -8.04. The summed E-state index contributed by atoms with van der Waals surface area (Å²) in [4.78, 5) is 20.8. The van der Waals surface area contributed by atoms with Crippen LogP contribution in [0.4, 0.5) is 0 Å². The van der Waals surface area contributed by atoms with Gasteiger partial charge in [-0.25, -0.2) is 0 Å². The Morgan fingerprint density at radius 3 is 2.14 bits per heavy atom. The van der Waals surface area contributed by atoms with Gasteiger partial charge in [0.2, 0.25) is 0 Å². The van der Waals surface area contributed by atoms with E-state index < -0.39 is 102 Å². The third kappa shape index (κ3) is 8.19. The molecule has 4 aliphatic heterocycles. The first-order valence-corrected chi connectivity index (χ1v) is 18.1. The molecule has 4 heterocycles. The molecule has 3 fully saturated rings. The van der Waals surface area contributed by atoms with E-state index in [1.165, 1.54) is 7.11 Å². The zero-order valence-corrected chi connectivity index (χ0v) is 32.2. The predicted molar refractivity (Wildman–Crippen MR) is 183 cm³/mol. The quantitative estimate of drug-likeness (QED) is 0.294. The van der Waals surface area contributed by atoms with Gasteiger partial charge in [-0.3, -0.25) is 9.79 Å². The van der Waals surface area contributed by atoms with Gasteiger partial charge in [-0.05, 0) is 75.9 Å². The number of nitrogens with zero attached hydrogens (tertiary/aromatic N) is 2. The van der Waals surface area contributed by atoms with Crippen LogP contribution in [0, 0.1) is 17.8 Å². The van der Waals surface area contributed by atoms with Crippen molar-refractivity contribution < 1.29 is 58.4 Å². The molecule has 0 radical (unpaired) electrons. The lowest BCUT2D eigenvalue weighted by atomic mass is 9.78. The lowest BCUT2D eigenvalue weighted by molar-refractivity contribution is -0.317. The van der Waals surface area contributed by atoms with Gasteiger partial charge in [-0.2, -0.15) is 0 Å². The van der Waals surface area contributed by atoms with Crippen LogP contribution < -0.4 is 0 Å². The van der Waals surface area contributed by atoms with Crippen LogP contribution in [0.15, 0.2) is 4.99 Å². The molecule has 50 heavy (non-hydrogen) atoms. The molecule has 4 rings (SSSR count). The molecule has 14 heteroatoms. The summed E-state index contributed by atoms with van der Waals surface area (Å²) < 4.78 is 43.6. The Morgan fingerprint density at radius 2 is 1.54 bits per heavy atom. The number of hydrogen-bond donors (Lipinski definition) is 4. The van der Waals surface area contributed by atoms with E-state index >= 15 is 0 Å². The molecule has 14 nitrogen and oxygen atoms in total. The highest BCUT2D eigenvalue weighted by Gasteiger charge is 2.56. The average Bonchev–Trinajstić information content (AvgIpc) is 3.24. The van der Waals surface area contributed by atoms with E-state index in [0.717, 1.165) is 0 Å². The molecule has 0 aromatic rings. The maximum absolute atomic E-state index is 14.1. The standard InChI is InChI=1S/C36H64N2O12/c1-17-15-34(8,43)30(49-33-26(39)24(38(11)12)14-18(2)45-33)19(3)27(48-25-16-35(9,44-13)29(41)22(6)46-25)20(4)32(42)47-23(7)36(10)28(40)21(5)31(37-17)50-36/h17-30,33,39-41,43H,14-16H2,1-13H3/t17-,18?,19+,20-,21?,22?,23-,24?,25?,26?,27+,28-,29?,30-,33?,34+,35?,36?/m1/s1. The van der Waals surface area contributed by atoms with Gasteiger partial charge in [-0.15, -0.1) is 0 Å².